The van der Waals surface area contributed by atoms with Crippen LogP contribution in [0.1, 0.15) is 51.5 Å². The number of hydrogen-bond acceptors (Lipinski definition) is 4. The zero-order valence-electron chi connectivity index (χ0n) is 15.9. The normalized spacial score (nSPS) is 16.8. The maximum atomic E-state index is 12.3. The van der Waals surface area contributed by atoms with Crippen molar-refractivity contribution in [3.63, 3.8) is 0 Å². The van der Waals surface area contributed by atoms with E-state index in [0.717, 1.165) is 12.0 Å². The maximum absolute atomic E-state index is 12.3. The summed E-state index contributed by atoms with van der Waals surface area (Å²) < 4.78 is 10.8. The highest BCUT2D eigenvalue weighted by Gasteiger charge is 2.27. The van der Waals surface area contributed by atoms with Gasteiger partial charge in [0.1, 0.15) is 6.10 Å². The first-order valence-electron chi connectivity index (χ1n) is 9.70. The highest BCUT2D eigenvalue weighted by Crippen LogP contribution is 2.30. The molecule has 1 aliphatic rings. The molecule has 0 radical (unpaired) electrons. The zero-order chi connectivity index (χ0) is 18.8. The van der Waals surface area contributed by atoms with E-state index in [4.69, 9.17) is 9.47 Å². The van der Waals surface area contributed by atoms with E-state index in [-0.39, 0.29) is 17.8 Å². The number of esters is 1. The molecule has 0 aromatic heterocycles. The van der Waals surface area contributed by atoms with Gasteiger partial charge in [-0.2, -0.15) is 0 Å². The van der Waals surface area contributed by atoms with E-state index in [0.29, 0.717) is 25.7 Å². The fourth-order valence-corrected chi connectivity index (χ4v) is 3.41. The lowest BCUT2D eigenvalue weighted by Gasteiger charge is -2.21. The van der Waals surface area contributed by atoms with Crippen molar-refractivity contribution < 1.29 is 19.1 Å². The van der Waals surface area contributed by atoms with Crippen LogP contribution in [0.3, 0.4) is 0 Å². The molecule has 0 spiro atoms. The molecule has 2 rings (SSSR count). The van der Waals surface area contributed by atoms with Gasteiger partial charge in [-0.1, -0.05) is 56.0 Å². The number of carbonyl (C=O) groups is 2. The van der Waals surface area contributed by atoms with Gasteiger partial charge in [-0.05, 0) is 31.7 Å². The van der Waals surface area contributed by atoms with Gasteiger partial charge in [0.15, 0.2) is 0 Å². The van der Waals surface area contributed by atoms with E-state index in [1.807, 2.05) is 37.3 Å². The number of rotatable bonds is 10. The molecule has 26 heavy (non-hydrogen) atoms. The molecule has 1 saturated carbocycles. The molecule has 1 N–H and O–H groups in total. The Kier molecular flexibility index (Phi) is 8.62. The maximum Gasteiger partial charge on any atom is 0.310 e. The van der Waals surface area contributed by atoms with E-state index in [1.54, 1.807) is 6.92 Å². The summed E-state index contributed by atoms with van der Waals surface area (Å²) in [6.07, 6.45) is 5.03. The summed E-state index contributed by atoms with van der Waals surface area (Å²) in [4.78, 5) is 24.5. The van der Waals surface area contributed by atoms with Crippen molar-refractivity contribution in [2.24, 2.45) is 11.8 Å². The van der Waals surface area contributed by atoms with Gasteiger partial charge in [-0.15, -0.1) is 0 Å². The minimum atomic E-state index is -0.565. The van der Waals surface area contributed by atoms with Crippen molar-refractivity contribution in [2.45, 2.75) is 58.7 Å². The van der Waals surface area contributed by atoms with Crippen molar-refractivity contribution in [1.82, 2.24) is 5.32 Å². The Balaban J connectivity index is 1.79. The summed E-state index contributed by atoms with van der Waals surface area (Å²) in [6, 6.07) is 9.75. The highest BCUT2D eigenvalue weighted by atomic mass is 16.5. The standard InChI is InChI=1S/C21H31NO4/c1-3-25-21(24)19(13-17-9-7-8-10-17)14-22-20(23)16(2)26-15-18-11-5-4-6-12-18/h4-6,11-12,16-17,19H,3,7-10,13-15H2,1-2H3,(H,22,23). The summed E-state index contributed by atoms with van der Waals surface area (Å²) in [5.74, 6) is -0.115. The SMILES string of the molecule is CCOC(=O)C(CNC(=O)C(C)OCc1ccccc1)CC1CCCC1. The summed E-state index contributed by atoms with van der Waals surface area (Å²) in [5, 5.41) is 2.87. The first-order valence-corrected chi connectivity index (χ1v) is 9.70. The second-order valence-corrected chi connectivity index (χ2v) is 7.02. The van der Waals surface area contributed by atoms with Crippen LogP contribution < -0.4 is 5.32 Å². The Bertz CT molecular complexity index is 554. The Morgan fingerprint density at radius 2 is 1.88 bits per heavy atom. The molecule has 1 aromatic rings. The van der Waals surface area contributed by atoms with Gasteiger partial charge in [0.2, 0.25) is 5.91 Å². The average Bonchev–Trinajstić information content (AvgIpc) is 3.17. The molecule has 5 nitrogen and oxygen atoms in total. The van der Waals surface area contributed by atoms with Crippen LogP contribution >= 0.6 is 0 Å². The van der Waals surface area contributed by atoms with E-state index in [9.17, 15) is 9.59 Å². The lowest BCUT2D eigenvalue weighted by Crippen LogP contribution is -2.40. The van der Waals surface area contributed by atoms with Crippen molar-refractivity contribution in [1.29, 1.82) is 0 Å². The van der Waals surface area contributed by atoms with Crippen LogP contribution in [-0.4, -0.2) is 31.1 Å². The fraction of sp³-hybridized carbons (Fsp3) is 0.619. The van der Waals surface area contributed by atoms with Crippen molar-refractivity contribution >= 4 is 11.9 Å². The molecule has 0 bridgehead atoms. The number of amides is 1. The van der Waals surface area contributed by atoms with Gasteiger partial charge < -0.3 is 14.8 Å². The molecule has 0 aliphatic heterocycles. The van der Waals surface area contributed by atoms with Gasteiger partial charge in [0.05, 0.1) is 19.1 Å². The molecule has 1 aromatic carbocycles. The number of hydrogen-bond donors (Lipinski definition) is 1. The average molecular weight is 361 g/mol. The minimum absolute atomic E-state index is 0.193. The Morgan fingerprint density at radius 3 is 2.54 bits per heavy atom. The molecular weight excluding hydrogens is 330 g/mol. The zero-order valence-corrected chi connectivity index (χ0v) is 15.9. The van der Waals surface area contributed by atoms with Crippen LogP contribution in [0, 0.1) is 11.8 Å². The van der Waals surface area contributed by atoms with Gasteiger partial charge >= 0.3 is 5.97 Å². The summed E-state index contributed by atoms with van der Waals surface area (Å²) in [5.41, 5.74) is 1.03. The van der Waals surface area contributed by atoms with Crippen LogP contribution in [0.15, 0.2) is 30.3 Å². The second kappa shape index (κ2) is 11.0. The third-order valence-corrected chi connectivity index (χ3v) is 4.95. The fourth-order valence-electron chi connectivity index (χ4n) is 3.41. The smallest absolute Gasteiger partial charge is 0.310 e. The molecule has 144 valence electrons. The quantitative estimate of drug-likeness (QED) is 0.648. The van der Waals surface area contributed by atoms with E-state index < -0.39 is 6.10 Å². The van der Waals surface area contributed by atoms with Crippen LogP contribution in [0.25, 0.3) is 0 Å². The summed E-state index contributed by atoms with van der Waals surface area (Å²) in [6.45, 7) is 4.60. The molecule has 0 saturated heterocycles. The van der Waals surface area contributed by atoms with Crippen LogP contribution in [0.2, 0.25) is 0 Å². The molecule has 1 aliphatic carbocycles. The number of ether oxygens (including phenoxy) is 2. The van der Waals surface area contributed by atoms with Crippen molar-refractivity contribution in [3.8, 4) is 0 Å². The number of benzene rings is 1. The lowest BCUT2D eigenvalue weighted by molar-refractivity contribution is -0.148. The minimum Gasteiger partial charge on any atom is -0.466 e. The molecule has 1 amide bonds. The Morgan fingerprint density at radius 1 is 1.19 bits per heavy atom. The molecule has 2 unspecified atom stereocenters. The topological polar surface area (TPSA) is 64.6 Å². The number of carbonyl (C=O) groups excluding carboxylic acids is 2. The predicted molar refractivity (Wildman–Crippen MR) is 100 cm³/mol. The summed E-state index contributed by atoms with van der Waals surface area (Å²) >= 11 is 0. The van der Waals surface area contributed by atoms with E-state index >= 15 is 0 Å². The van der Waals surface area contributed by atoms with Crippen LogP contribution in [0.4, 0.5) is 0 Å². The van der Waals surface area contributed by atoms with Crippen LogP contribution in [-0.2, 0) is 25.7 Å². The van der Waals surface area contributed by atoms with Crippen LogP contribution in [0.5, 0.6) is 0 Å². The third-order valence-electron chi connectivity index (χ3n) is 4.95. The number of nitrogens with one attached hydrogen (secondary N) is 1. The predicted octanol–water partition coefficient (Wildman–Crippen LogP) is 3.47. The Labute approximate surface area is 156 Å². The van der Waals surface area contributed by atoms with E-state index in [2.05, 4.69) is 5.32 Å². The second-order valence-electron chi connectivity index (χ2n) is 7.02. The summed E-state index contributed by atoms with van der Waals surface area (Å²) in [7, 11) is 0. The van der Waals surface area contributed by atoms with Crippen molar-refractivity contribution in [3.05, 3.63) is 35.9 Å². The lowest BCUT2D eigenvalue weighted by atomic mass is 9.93. The molecule has 0 heterocycles. The Hall–Kier alpha value is -1.88. The molecular formula is C21H31NO4. The van der Waals surface area contributed by atoms with Gasteiger partial charge in [-0.3, -0.25) is 9.59 Å². The first-order chi connectivity index (χ1) is 12.6. The van der Waals surface area contributed by atoms with Gasteiger partial charge in [0, 0.05) is 6.54 Å². The van der Waals surface area contributed by atoms with Gasteiger partial charge in [0.25, 0.3) is 0 Å². The largest absolute Gasteiger partial charge is 0.466 e. The van der Waals surface area contributed by atoms with Gasteiger partial charge in [-0.25, -0.2) is 0 Å². The molecule has 1 fully saturated rings. The van der Waals surface area contributed by atoms with Crippen molar-refractivity contribution in [2.75, 3.05) is 13.2 Å². The third kappa shape index (κ3) is 6.79. The monoisotopic (exact) mass is 361 g/mol. The van der Waals surface area contributed by atoms with E-state index in [1.165, 1.54) is 25.7 Å². The molecule has 2 atom stereocenters. The molecule has 5 heteroatoms. The highest BCUT2D eigenvalue weighted by molar-refractivity contribution is 5.81. The first kappa shape index (κ1) is 20.4.